The normalized spacial score (nSPS) is 21.3. The average Bonchev–Trinajstić information content (AvgIpc) is 3.32. The van der Waals surface area contributed by atoms with E-state index in [4.69, 9.17) is 4.74 Å². The Balaban J connectivity index is 1.53. The maximum absolute atomic E-state index is 12.8. The molecule has 0 spiro atoms. The fourth-order valence-electron chi connectivity index (χ4n) is 3.37. The van der Waals surface area contributed by atoms with Gasteiger partial charge in [-0.05, 0) is 12.8 Å². The number of H-pyrrole nitrogens is 1. The molecule has 0 radical (unpaired) electrons. The molecule has 1 aromatic heterocycles. The highest BCUT2D eigenvalue weighted by Crippen LogP contribution is 2.32. The topological polar surface area (TPSA) is 75.3 Å². The van der Waals surface area contributed by atoms with E-state index in [-0.39, 0.29) is 30.4 Å². The number of hydrogen-bond acceptors (Lipinski definition) is 5. The summed E-state index contributed by atoms with van der Waals surface area (Å²) >= 11 is 1.48. The van der Waals surface area contributed by atoms with E-state index in [1.165, 1.54) is 11.8 Å². The van der Waals surface area contributed by atoms with E-state index in [1.54, 1.807) is 4.90 Å². The molecule has 144 valence electrons. The molecule has 2 aliphatic rings. The molecule has 1 saturated carbocycles. The molecule has 1 atom stereocenters. The Morgan fingerprint density at radius 3 is 2.77 bits per heavy atom. The van der Waals surface area contributed by atoms with Crippen molar-refractivity contribution in [1.29, 1.82) is 0 Å². The third-order valence-electron chi connectivity index (χ3n) is 4.76. The summed E-state index contributed by atoms with van der Waals surface area (Å²) in [4.78, 5) is 26.4. The van der Waals surface area contributed by atoms with Crippen molar-refractivity contribution in [1.82, 2.24) is 15.1 Å². The van der Waals surface area contributed by atoms with Crippen molar-refractivity contribution in [3.63, 3.8) is 0 Å². The van der Waals surface area contributed by atoms with E-state index in [0.29, 0.717) is 11.6 Å². The minimum absolute atomic E-state index is 0.0105. The Labute approximate surface area is 152 Å². The number of halogens is 3. The molecule has 6 nitrogen and oxygen atoms in total. The molecule has 1 N–H and O–H groups in total. The first-order valence-electron chi connectivity index (χ1n) is 8.52. The van der Waals surface area contributed by atoms with Gasteiger partial charge in [0.05, 0.1) is 18.7 Å². The lowest BCUT2D eigenvalue weighted by molar-refractivity contribution is -0.154. The number of aromatic nitrogens is 2. The first kappa shape index (κ1) is 19.1. The lowest BCUT2D eigenvalue weighted by Gasteiger charge is -2.25. The van der Waals surface area contributed by atoms with Gasteiger partial charge in [-0.25, -0.2) is 4.79 Å². The Morgan fingerprint density at radius 2 is 2.08 bits per heavy atom. The number of aromatic amines is 1. The average molecular weight is 391 g/mol. The molecule has 1 aliphatic carbocycles. The SMILES string of the molecule is O=C(OCCc1cn[nH]c1C(F)(F)F)[C@@H]1CSCN1C(=O)C1CCCC1. The molecular formula is C16H20F3N3O3S. The number of carbonyl (C=O) groups excluding carboxylic acids is 2. The van der Waals surface area contributed by atoms with E-state index in [0.717, 1.165) is 31.9 Å². The van der Waals surface area contributed by atoms with Gasteiger partial charge in [0, 0.05) is 23.7 Å². The van der Waals surface area contributed by atoms with Crippen molar-refractivity contribution in [3.8, 4) is 0 Å². The molecular weight excluding hydrogens is 371 g/mol. The first-order chi connectivity index (χ1) is 12.4. The highest BCUT2D eigenvalue weighted by Gasteiger charge is 2.39. The van der Waals surface area contributed by atoms with Crippen LogP contribution in [0.3, 0.4) is 0 Å². The van der Waals surface area contributed by atoms with E-state index in [1.807, 2.05) is 5.10 Å². The van der Waals surface area contributed by atoms with Crippen LogP contribution in [0.2, 0.25) is 0 Å². The second-order valence-corrected chi connectivity index (χ2v) is 7.49. The number of hydrogen-bond donors (Lipinski definition) is 1. The monoisotopic (exact) mass is 391 g/mol. The summed E-state index contributed by atoms with van der Waals surface area (Å²) in [6, 6.07) is -0.653. The largest absolute Gasteiger partial charge is 0.464 e. The third kappa shape index (κ3) is 4.16. The van der Waals surface area contributed by atoms with Gasteiger partial charge in [-0.2, -0.15) is 18.3 Å². The Morgan fingerprint density at radius 1 is 1.35 bits per heavy atom. The maximum atomic E-state index is 12.8. The summed E-state index contributed by atoms with van der Waals surface area (Å²) in [6.45, 7) is -0.186. The van der Waals surface area contributed by atoms with E-state index >= 15 is 0 Å². The van der Waals surface area contributed by atoms with E-state index in [9.17, 15) is 22.8 Å². The molecule has 2 fully saturated rings. The van der Waals surface area contributed by atoms with Crippen LogP contribution in [0.5, 0.6) is 0 Å². The van der Waals surface area contributed by atoms with Gasteiger partial charge in [0.1, 0.15) is 11.7 Å². The molecule has 26 heavy (non-hydrogen) atoms. The summed E-state index contributed by atoms with van der Waals surface area (Å²) in [6.07, 6.45) is 0.219. The molecule has 1 aromatic rings. The second-order valence-electron chi connectivity index (χ2n) is 6.49. The minimum atomic E-state index is -4.53. The molecule has 0 aromatic carbocycles. The maximum Gasteiger partial charge on any atom is 0.433 e. The zero-order valence-electron chi connectivity index (χ0n) is 14.1. The molecule has 1 aliphatic heterocycles. The number of ether oxygens (including phenoxy) is 1. The molecule has 0 bridgehead atoms. The summed E-state index contributed by atoms with van der Waals surface area (Å²) < 4.78 is 43.5. The number of nitrogens with zero attached hydrogens (tertiary/aromatic N) is 2. The Kier molecular flexibility index (Phi) is 5.79. The van der Waals surface area contributed by atoms with Gasteiger partial charge in [0.25, 0.3) is 0 Å². The van der Waals surface area contributed by atoms with E-state index in [2.05, 4.69) is 5.10 Å². The summed E-state index contributed by atoms with van der Waals surface area (Å²) in [7, 11) is 0. The van der Waals surface area contributed by atoms with Crippen LogP contribution in [0.15, 0.2) is 6.20 Å². The third-order valence-corrected chi connectivity index (χ3v) is 5.77. The van der Waals surface area contributed by atoms with Crippen molar-refractivity contribution >= 4 is 23.6 Å². The van der Waals surface area contributed by atoms with Gasteiger partial charge < -0.3 is 9.64 Å². The number of rotatable bonds is 5. The first-order valence-corrected chi connectivity index (χ1v) is 9.67. The second kappa shape index (κ2) is 7.89. The lowest BCUT2D eigenvalue weighted by atomic mass is 10.1. The number of alkyl halides is 3. The summed E-state index contributed by atoms with van der Waals surface area (Å²) in [5.41, 5.74) is -0.979. The van der Waals surface area contributed by atoms with Gasteiger partial charge in [-0.3, -0.25) is 9.89 Å². The van der Waals surface area contributed by atoms with Crippen molar-refractivity contribution < 1.29 is 27.5 Å². The Bertz CT molecular complexity index is 659. The summed E-state index contributed by atoms with van der Waals surface area (Å²) in [5, 5.41) is 5.32. The molecule has 10 heteroatoms. The van der Waals surface area contributed by atoms with Gasteiger partial charge in [-0.15, -0.1) is 11.8 Å². The van der Waals surface area contributed by atoms with Crippen LogP contribution >= 0.6 is 11.8 Å². The van der Waals surface area contributed by atoms with Gasteiger partial charge in [0.15, 0.2) is 0 Å². The molecule has 2 heterocycles. The zero-order valence-corrected chi connectivity index (χ0v) is 14.9. The summed E-state index contributed by atoms with van der Waals surface area (Å²) in [5.74, 6) is 0.317. The standard InChI is InChI=1S/C16H20F3N3O3S/c17-16(18,19)13-11(7-20-21-13)5-6-25-15(24)12-8-26-9-22(12)14(23)10-3-1-2-4-10/h7,10,12H,1-6,8-9H2,(H,20,21)/t12-/m0/s1. The smallest absolute Gasteiger partial charge is 0.433 e. The number of esters is 1. The zero-order chi connectivity index (χ0) is 18.7. The molecule has 3 rings (SSSR count). The highest BCUT2D eigenvalue weighted by molar-refractivity contribution is 7.99. The lowest BCUT2D eigenvalue weighted by Crippen LogP contribution is -2.45. The predicted octanol–water partition coefficient (Wildman–Crippen LogP) is 2.61. The van der Waals surface area contributed by atoms with Crippen LogP contribution in [0, 0.1) is 5.92 Å². The van der Waals surface area contributed by atoms with Gasteiger partial charge >= 0.3 is 12.1 Å². The minimum Gasteiger partial charge on any atom is -0.464 e. The van der Waals surface area contributed by atoms with Gasteiger partial charge in [0.2, 0.25) is 5.91 Å². The quantitative estimate of drug-likeness (QED) is 0.781. The van der Waals surface area contributed by atoms with E-state index < -0.39 is 23.9 Å². The fraction of sp³-hybridized carbons (Fsp3) is 0.688. The van der Waals surface area contributed by atoms with Crippen molar-refractivity contribution in [2.75, 3.05) is 18.2 Å². The van der Waals surface area contributed by atoms with Crippen molar-refractivity contribution in [3.05, 3.63) is 17.5 Å². The predicted molar refractivity (Wildman–Crippen MR) is 88.2 cm³/mol. The number of nitrogens with one attached hydrogen (secondary N) is 1. The fourth-order valence-corrected chi connectivity index (χ4v) is 4.51. The van der Waals surface area contributed by atoms with Crippen LogP contribution in [0.25, 0.3) is 0 Å². The van der Waals surface area contributed by atoms with Crippen LogP contribution in [0.4, 0.5) is 13.2 Å². The van der Waals surface area contributed by atoms with Crippen LogP contribution in [-0.2, 0) is 26.9 Å². The molecule has 1 amide bonds. The molecule has 0 unspecified atom stereocenters. The van der Waals surface area contributed by atoms with Crippen molar-refractivity contribution in [2.45, 2.75) is 44.3 Å². The van der Waals surface area contributed by atoms with Crippen LogP contribution < -0.4 is 0 Å². The molecule has 1 saturated heterocycles. The van der Waals surface area contributed by atoms with Crippen LogP contribution in [0.1, 0.15) is 36.9 Å². The van der Waals surface area contributed by atoms with Crippen LogP contribution in [-0.4, -0.2) is 51.3 Å². The number of amides is 1. The Hall–Kier alpha value is -1.71. The van der Waals surface area contributed by atoms with Crippen molar-refractivity contribution in [2.24, 2.45) is 5.92 Å². The van der Waals surface area contributed by atoms with Gasteiger partial charge in [-0.1, -0.05) is 12.8 Å². The number of thioether (sulfide) groups is 1. The number of carbonyl (C=O) groups is 2. The highest BCUT2D eigenvalue weighted by atomic mass is 32.2.